The molecule has 0 radical (unpaired) electrons. The number of aromatic nitrogens is 3. The van der Waals surface area contributed by atoms with Crippen LogP contribution in [0.5, 0.6) is 0 Å². The van der Waals surface area contributed by atoms with Crippen molar-refractivity contribution in [3.63, 3.8) is 0 Å². The van der Waals surface area contributed by atoms with Crippen molar-refractivity contribution < 1.29 is 8.42 Å². The highest BCUT2D eigenvalue weighted by molar-refractivity contribution is 7.93. The molecule has 2 heterocycles. The molecule has 0 aliphatic carbocycles. The van der Waals surface area contributed by atoms with E-state index in [2.05, 4.69) is 20.1 Å². The minimum Gasteiger partial charge on any atom is -0.309 e. The highest BCUT2D eigenvalue weighted by Crippen LogP contribution is 2.23. The summed E-state index contributed by atoms with van der Waals surface area (Å²) in [7, 11) is -1.96. The Kier molecular flexibility index (Phi) is 4.41. The van der Waals surface area contributed by atoms with Crippen LogP contribution in [0.3, 0.4) is 0 Å². The van der Waals surface area contributed by atoms with Gasteiger partial charge in [0.05, 0.1) is 11.9 Å². The van der Waals surface area contributed by atoms with E-state index in [4.69, 9.17) is 0 Å². The summed E-state index contributed by atoms with van der Waals surface area (Å²) in [5, 5.41) is 9.28. The van der Waals surface area contributed by atoms with Crippen LogP contribution in [0.4, 0.5) is 5.13 Å². The van der Waals surface area contributed by atoms with Crippen LogP contribution < -0.4 is 10.0 Å². The lowest BCUT2D eigenvalue weighted by Gasteiger charge is -2.08. The summed E-state index contributed by atoms with van der Waals surface area (Å²) < 4.78 is 28.1. The molecular weight excluding hydrogens is 298 g/mol. The van der Waals surface area contributed by atoms with Gasteiger partial charge in [-0.25, -0.2) is 13.4 Å². The Morgan fingerprint density at radius 3 is 2.85 bits per heavy atom. The first-order valence-electron chi connectivity index (χ1n) is 6.12. The summed E-state index contributed by atoms with van der Waals surface area (Å²) in [6.45, 7) is 4.82. The molecule has 1 unspecified atom stereocenters. The van der Waals surface area contributed by atoms with Gasteiger partial charge in [0.15, 0.2) is 5.13 Å². The highest BCUT2D eigenvalue weighted by atomic mass is 32.2. The van der Waals surface area contributed by atoms with E-state index in [-0.39, 0.29) is 10.9 Å². The molecule has 2 aromatic heterocycles. The molecule has 110 valence electrons. The Hall–Kier alpha value is -1.45. The average Bonchev–Trinajstić information content (AvgIpc) is 2.98. The molecule has 0 spiro atoms. The molecule has 9 heteroatoms. The molecule has 2 rings (SSSR count). The van der Waals surface area contributed by atoms with E-state index >= 15 is 0 Å². The van der Waals surface area contributed by atoms with Crippen molar-refractivity contribution in [2.24, 2.45) is 7.05 Å². The van der Waals surface area contributed by atoms with Gasteiger partial charge in [0.25, 0.3) is 10.0 Å². The van der Waals surface area contributed by atoms with Gasteiger partial charge in [0.1, 0.15) is 4.90 Å². The standard InChI is InChI=1S/C11H17N5O2S2/c1-4-12-8(2)10-7-19-11(14-10)15-20(17,18)9-5-13-16(3)6-9/h5-8,12H,4H2,1-3H3,(H,14,15). The lowest BCUT2D eigenvalue weighted by atomic mass is 10.3. The maximum atomic E-state index is 12.1. The Labute approximate surface area is 122 Å². The van der Waals surface area contributed by atoms with Crippen LogP contribution in [0.15, 0.2) is 22.7 Å². The summed E-state index contributed by atoms with van der Waals surface area (Å²) in [5.74, 6) is 0. The molecule has 0 fully saturated rings. The fourth-order valence-electron chi connectivity index (χ4n) is 1.65. The van der Waals surface area contributed by atoms with Gasteiger partial charge in [0, 0.05) is 24.7 Å². The number of nitrogens with zero attached hydrogens (tertiary/aromatic N) is 3. The number of sulfonamides is 1. The Morgan fingerprint density at radius 2 is 2.25 bits per heavy atom. The van der Waals surface area contributed by atoms with Crippen molar-refractivity contribution >= 4 is 26.5 Å². The van der Waals surface area contributed by atoms with Crippen molar-refractivity contribution in [3.05, 3.63) is 23.5 Å². The molecule has 1 atom stereocenters. The SMILES string of the molecule is CCNC(C)c1csc(NS(=O)(=O)c2cnn(C)c2)n1. The monoisotopic (exact) mass is 315 g/mol. The molecule has 0 aromatic carbocycles. The van der Waals surface area contributed by atoms with E-state index in [0.717, 1.165) is 12.2 Å². The third-order valence-corrected chi connectivity index (χ3v) is 4.89. The van der Waals surface area contributed by atoms with E-state index in [0.29, 0.717) is 5.13 Å². The van der Waals surface area contributed by atoms with Crippen molar-refractivity contribution in [1.29, 1.82) is 0 Å². The largest absolute Gasteiger partial charge is 0.309 e. The van der Waals surface area contributed by atoms with Gasteiger partial charge in [-0.15, -0.1) is 11.3 Å². The second-order valence-electron chi connectivity index (χ2n) is 4.31. The molecule has 0 saturated carbocycles. The zero-order chi connectivity index (χ0) is 14.8. The topological polar surface area (TPSA) is 88.9 Å². The zero-order valence-electron chi connectivity index (χ0n) is 11.5. The molecule has 0 bridgehead atoms. The van der Waals surface area contributed by atoms with Crippen LogP contribution in [0.2, 0.25) is 0 Å². The summed E-state index contributed by atoms with van der Waals surface area (Å²) in [5.41, 5.74) is 0.820. The molecule has 0 aliphatic rings. The lowest BCUT2D eigenvalue weighted by Crippen LogP contribution is -2.18. The summed E-state index contributed by atoms with van der Waals surface area (Å²) in [6, 6.07) is 0.0906. The number of thiazole rings is 1. The first-order chi connectivity index (χ1) is 9.42. The first kappa shape index (κ1) is 14.9. The van der Waals surface area contributed by atoms with Gasteiger partial charge in [-0.3, -0.25) is 9.40 Å². The Balaban J connectivity index is 2.14. The number of hydrogen-bond donors (Lipinski definition) is 2. The van der Waals surface area contributed by atoms with Crippen LogP contribution in [0.25, 0.3) is 0 Å². The van der Waals surface area contributed by atoms with Crippen LogP contribution in [-0.4, -0.2) is 29.7 Å². The van der Waals surface area contributed by atoms with Crippen LogP contribution in [0, 0.1) is 0 Å². The van der Waals surface area contributed by atoms with E-state index in [9.17, 15) is 8.42 Å². The summed E-state index contributed by atoms with van der Waals surface area (Å²) in [6.07, 6.45) is 2.75. The summed E-state index contributed by atoms with van der Waals surface area (Å²) >= 11 is 1.26. The van der Waals surface area contributed by atoms with Crippen molar-refractivity contribution in [2.75, 3.05) is 11.3 Å². The number of aryl methyl sites for hydroxylation is 1. The average molecular weight is 315 g/mol. The molecule has 0 aliphatic heterocycles. The maximum Gasteiger partial charge on any atom is 0.266 e. The highest BCUT2D eigenvalue weighted by Gasteiger charge is 2.18. The third kappa shape index (κ3) is 3.35. The second-order valence-corrected chi connectivity index (χ2v) is 6.85. The lowest BCUT2D eigenvalue weighted by molar-refractivity contribution is 0.586. The number of anilines is 1. The molecule has 20 heavy (non-hydrogen) atoms. The Bertz CT molecular complexity index is 677. The van der Waals surface area contributed by atoms with E-state index in [1.165, 1.54) is 28.4 Å². The molecule has 7 nitrogen and oxygen atoms in total. The van der Waals surface area contributed by atoms with Crippen LogP contribution in [-0.2, 0) is 17.1 Å². The van der Waals surface area contributed by atoms with Gasteiger partial charge in [0.2, 0.25) is 0 Å². The van der Waals surface area contributed by atoms with E-state index in [1.807, 2.05) is 19.2 Å². The molecule has 2 aromatic rings. The number of nitrogens with one attached hydrogen (secondary N) is 2. The normalized spacial score (nSPS) is 13.3. The van der Waals surface area contributed by atoms with E-state index in [1.54, 1.807) is 7.05 Å². The van der Waals surface area contributed by atoms with Gasteiger partial charge >= 0.3 is 0 Å². The van der Waals surface area contributed by atoms with Crippen LogP contribution >= 0.6 is 11.3 Å². The van der Waals surface area contributed by atoms with Gasteiger partial charge in [-0.1, -0.05) is 6.92 Å². The number of rotatable bonds is 6. The van der Waals surface area contributed by atoms with E-state index < -0.39 is 10.0 Å². The smallest absolute Gasteiger partial charge is 0.266 e. The Morgan fingerprint density at radius 1 is 1.50 bits per heavy atom. The van der Waals surface area contributed by atoms with Gasteiger partial charge in [-0.2, -0.15) is 5.10 Å². The molecule has 2 N–H and O–H groups in total. The van der Waals surface area contributed by atoms with Crippen molar-refractivity contribution in [3.8, 4) is 0 Å². The van der Waals surface area contributed by atoms with Gasteiger partial charge in [-0.05, 0) is 13.5 Å². The predicted octanol–water partition coefficient (Wildman–Crippen LogP) is 1.35. The second kappa shape index (κ2) is 5.90. The molecular formula is C11H17N5O2S2. The first-order valence-corrected chi connectivity index (χ1v) is 8.49. The summed E-state index contributed by atoms with van der Waals surface area (Å²) in [4.78, 5) is 4.41. The quantitative estimate of drug-likeness (QED) is 0.840. The predicted molar refractivity (Wildman–Crippen MR) is 78.2 cm³/mol. The minimum absolute atomic E-state index is 0.0906. The third-order valence-electron chi connectivity index (χ3n) is 2.69. The fraction of sp³-hybridized carbons (Fsp3) is 0.455. The minimum atomic E-state index is -3.62. The molecule has 0 amide bonds. The zero-order valence-corrected chi connectivity index (χ0v) is 13.1. The maximum absolute atomic E-state index is 12.1. The van der Waals surface area contributed by atoms with Crippen LogP contribution in [0.1, 0.15) is 25.6 Å². The fourth-order valence-corrected chi connectivity index (χ4v) is 3.69. The van der Waals surface area contributed by atoms with Crippen molar-refractivity contribution in [2.45, 2.75) is 24.8 Å². The van der Waals surface area contributed by atoms with Gasteiger partial charge < -0.3 is 5.32 Å². The van der Waals surface area contributed by atoms with Crippen molar-refractivity contribution in [1.82, 2.24) is 20.1 Å². The molecule has 0 saturated heterocycles. The number of hydrogen-bond acceptors (Lipinski definition) is 6.